The van der Waals surface area contributed by atoms with Crippen molar-refractivity contribution in [2.45, 2.75) is 87.5 Å². The van der Waals surface area contributed by atoms with E-state index in [0.717, 1.165) is 25.5 Å². The SMILES string of the molecule is CC(C)C(=O)COCCOCCN1C(=O)CC(C(C)C)C1=O.CC(C)C(C=O)CCCCN1C(=O)CC(C(C)C)C1=O. The summed E-state index contributed by atoms with van der Waals surface area (Å²) >= 11 is 0. The summed E-state index contributed by atoms with van der Waals surface area (Å²) in [4.78, 5) is 72.7. The van der Waals surface area contributed by atoms with Crippen LogP contribution in [0.1, 0.15) is 87.5 Å². The molecule has 2 aliphatic rings. The fourth-order valence-corrected chi connectivity index (χ4v) is 4.85. The largest absolute Gasteiger partial charge is 0.377 e. The van der Waals surface area contributed by atoms with Crippen molar-refractivity contribution in [3.05, 3.63) is 0 Å². The summed E-state index contributed by atoms with van der Waals surface area (Å²) < 4.78 is 10.5. The Morgan fingerprint density at radius 2 is 1.26 bits per heavy atom. The molecule has 0 aromatic heterocycles. The van der Waals surface area contributed by atoms with E-state index in [2.05, 4.69) is 0 Å². The van der Waals surface area contributed by atoms with Gasteiger partial charge in [-0.15, -0.1) is 0 Å². The predicted octanol–water partition coefficient (Wildman–Crippen LogP) is 3.93. The summed E-state index contributed by atoms with van der Waals surface area (Å²) in [5, 5.41) is 0. The summed E-state index contributed by atoms with van der Waals surface area (Å²) in [7, 11) is 0. The lowest BCUT2D eigenvalue weighted by Gasteiger charge is -2.17. The van der Waals surface area contributed by atoms with E-state index in [9.17, 15) is 28.8 Å². The molecule has 0 saturated carbocycles. The molecule has 2 fully saturated rings. The van der Waals surface area contributed by atoms with Crippen molar-refractivity contribution in [3.63, 3.8) is 0 Å². The fraction of sp³-hybridized carbons (Fsp3) is 0.812. The average molecular weight is 595 g/mol. The first-order valence-corrected chi connectivity index (χ1v) is 15.5. The summed E-state index contributed by atoms with van der Waals surface area (Å²) in [6.45, 7) is 17.5. The van der Waals surface area contributed by atoms with E-state index in [1.54, 1.807) is 0 Å². The fourth-order valence-electron chi connectivity index (χ4n) is 4.85. The first-order valence-electron chi connectivity index (χ1n) is 15.5. The summed E-state index contributed by atoms with van der Waals surface area (Å²) in [6.07, 6.45) is 4.19. The minimum absolute atomic E-state index is 0.0132. The van der Waals surface area contributed by atoms with Crippen LogP contribution in [0.5, 0.6) is 0 Å². The maximum Gasteiger partial charge on any atom is 0.233 e. The molecule has 0 N–H and O–H groups in total. The average Bonchev–Trinajstić information content (AvgIpc) is 3.37. The first kappa shape index (κ1) is 37.6. The van der Waals surface area contributed by atoms with Crippen LogP contribution in [0.4, 0.5) is 0 Å². The molecule has 2 saturated heterocycles. The van der Waals surface area contributed by atoms with E-state index < -0.39 is 0 Å². The van der Waals surface area contributed by atoms with Gasteiger partial charge in [0.2, 0.25) is 23.6 Å². The molecule has 10 heteroatoms. The highest BCUT2D eigenvalue weighted by Gasteiger charge is 2.40. The van der Waals surface area contributed by atoms with Gasteiger partial charge in [0.1, 0.15) is 12.9 Å². The van der Waals surface area contributed by atoms with E-state index >= 15 is 0 Å². The Bertz CT molecular complexity index is 914. The molecular weight excluding hydrogens is 540 g/mol. The molecule has 10 nitrogen and oxygen atoms in total. The molecule has 42 heavy (non-hydrogen) atoms. The third-order valence-electron chi connectivity index (χ3n) is 8.09. The third-order valence-corrected chi connectivity index (χ3v) is 8.09. The normalized spacial score (nSPS) is 19.9. The maximum absolute atomic E-state index is 12.1. The highest BCUT2D eigenvalue weighted by atomic mass is 16.5. The number of ether oxygens (including phenoxy) is 2. The molecule has 2 heterocycles. The minimum atomic E-state index is -0.196. The number of amides is 4. The molecule has 3 atom stereocenters. The van der Waals surface area contributed by atoms with E-state index in [0.29, 0.717) is 45.1 Å². The highest BCUT2D eigenvalue weighted by Crippen LogP contribution is 2.27. The molecule has 2 rings (SSSR count). The molecule has 0 spiro atoms. The second-order valence-electron chi connectivity index (χ2n) is 12.7. The van der Waals surface area contributed by atoms with Crippen LogP contribution in [-0.4, -0.2) is 85.0 Å². The summed E-state index contributed by atoms with van der Waals surface area (Å²) in [5.74, 6) is 0.273. The molecule has 4 amide bonds. The topological polar surface area (TPSA) is 127 Å². The number of likely N-dealkylation sites (tertiary alicyclic amines) is 2. The first-order chi connectivity index (χ1) is 19.7. The van der Waals surface area contributed by atoms with E-state index in [1.807, 2.05) is 55.4 Å². The summed E-state index contributed by atoms with van der Waals surface area (Å²) in [5.41, 5.74) is 0. The standard InChI is InChI=1S/C16H27NO5.C16H27NO3/c1-11(2)13-9-15(19)17(16(13)20)5-6-21-7-8-22-10-14(18)12(3)4;1-11(2)13(10-18)7-5-6-8-17-15(19)9-14(12(3)4)16(17)20/h11-13H,5-10H2,1-4H3;10-14H,5-9H2,1-4H3. The number of hydrogen-bond acceptors (Lipinski definition) is 8. The van der Waals surface area contributed by atoms with Gasteiger partial charge in [0.25, 0.3) is 0 Å². The van der Waals surface area contributed by atoms with Gasteiger partial charge < -0.3 is 14.3 Å². The van der Waals surface area contributed by atoms with Gasteiger partial charge in [-0.2, -0.15) is 0 Å². The Kier molecular flexibility index (Phi) is 16.9. The van der Waals surface area contributed by atoms with Gasteiger partial charge in [-0.3, -0.25) is 33.8 Å². The molecular formula is C32H54N2O8. The second kappa shape index (κ2) is 18.9. The number of rotatable bonds is 18. The molecule has 0 aromatic rings. The highest BCUT2D eigenvalue weighted by molar-refractivity contribution is 6.04. The number of hydrogen-bond donors (Lipinski definition) is 0. The van der Waals surface area contributed by atoms with Gasteiger partial charge in [0.15, 0.2) is 5.78 Å². The van der Waals surface area contributed by atoms with E-state index in [4.69, 9.17) is 9.47 Å². The Labute approximate surface area is 252 Å². The number of imide groups is 2. The van der Waals surface area contributed by atoms with Crippen molar-refractivity contribution in [1.29, 1.82) is 0 Å². The molecule has 2 aliphatic heterocycles. The number of carbonyl (C=O) groups excluding carboxylic acids is 6. The van der Waals surface area contributed by atoms with Gasteiger partial charge in [0.05, 0.1) is 26.4 Å². The van der Waals surface area contributed by atoms with Crippen molar-refractivity contribution in [2.75, 3.05) is 39.5 Å². The van der Waals surface area contributed by atoms with Crippen LogP contribution in [0.15, 0.2) is 0 Å². The van der Waals surface area contributed by atoms with Crippen LogP contribution in [0.25, 0.3) is 0 Å². The van der Waals surface area contributed by atoms with Crippen molar-refractivity contribution in [1.82, 2.24) is 9.80 Å². The number of carbonyl (C=O) groups is 6. The number of ketones is 1. The summed E-state index contributed by atoms with van der Waals surface area (Å²) in [6, 6.07) is 0. The van der Waals surface area contributed by atoms with Gasteiger partial charge in [-0.05, 0) is 30.6 Å². The zero-order valence-corrected chi connectivity index (χ0v) is 27.1. The van der Waals surface area contributed by atoms with E-state index in [-0.39, 0.29) is 78.1 Å². The smallest absolute Gasteiger partial charge is 0.233 e. The molecule has 3 unspecified atom stereocenters. The number of nitrogens with zero attached hydrogens (tertiary/aromatic N) is 2. The van der Waals surface area contributed by atoms with Crippen LogP contribution in [-0.2, 0) is 38.2 Å². The lowest BCUT2D eigenvalue weighted by Crippen LogP contribution is -2.34. The number of unbranched alkanes of at least 4 members (excludes halogenated alkanes) is 1. The third kappa shape index (κ3) is 12.0. The zero-order chi connectivity index (χ0) is 32.0. The lowest BCUT2D eigenvalue weighted by atomic mass is 9.92. The molecule has 0 radical (unpaired) electrons. The van der Waals surface area contributed by atoms with Crippen molar-refractivity contribution >= 4 is 35.7 Å². The Morgan fingerprint density at radius 1 is 0.762 bits per heavy atom. The van der Waals surface area contributed by atoms with Crippen LogP contribution in [0.3, 0.4) is 0 Å². The van der Waals surface area contributed by atoms with Gasteiger partial charge in [-0.1, -0.05) is 61.8 Å². The van der Waals surface area contributed by atoms with Crippen molar-refractivity contribution in [3.8, 4) is 0 Å². The number of Topliss-reactive ketones (excluding diaryl/α,β-unsaturated/α-hetero) is 1. The van der Waals surface area contributed by atoms with Gasteiger partial charge >= 0.3 is 0 Å². The van der Waals surface area contributed by atoms with Gasteiger partial charge in [-0.25, -0.2) is 0 Å². The molecule has 240 valence electrons. The van der Waals surface area contributed by atoms with Gasteiger partial charge in [0, 0.05) is 43.1 Å². The lowest BCUT2D eigenvalue weighted by molar-refractivity contribution is -0.141. The zero-order valence-electron chi connectivity index (χ0n) is 27.1. The van der Waals surface area contributed by atoms with E-state index in [1.165, 1.54) is 9.80 Å². The maximum atomic E-state index is 12.1. The molecule has 0 bridgehead atoms. The van der Waals surface area contributed by atoms with Crippen LogP contribution >= 0.6 is 0 Å². The number of aldehydes is 1. The Balaban J connectivity index is 0.000000422. The monoisotopic (exact) mass is 594 g/mol. The molecule has 0 aromatic carbocycles. The van der Waals surface area contributed by atoms with Crippen LogP contribution < -0.4 is 0 Å². The van der Waals surface area contributed by atoms with Crippen molar-refractivity contribution < 1.29 is 38.2 Å². The minimum Gasteiger partial charge on any atom is -0.377 e. The quantitative estimate of drug-likeness (QED) is 0.133. The van der Waals surface area contributed by atoms with Crippen LogP contribution in [0, 0.1) is 41.4 Å². The van der Waals surface area contributed by atoms with Crippen molar-refractivity contribution in [2.24, 2.45) is 41.4 Å². The Hall–Kier alpha value is -2.46. The second-order valence-corrected chi connectivity index (χ2v) is 12.7. The predicted molar refractivity (Wildman–Crippen MR) is 159 cm³/mol. The Morgan fingerprint density at radius 3 is 1.69 bits per heavy atom. The molecule has 0 aliphatic carbocycles. The van der Waals surface area contributed by atoms with Crippen LogP contribution in [0.2, 0.25) is 0 Å².